The molecule has 0 unspecified atom stereocenters. The average molecular weight is 1490 g/mol. The van der Waals surface area contributed by atoms with Crippen molar-refractivity contribution in [2.45, 2.75) is 32.4 Å². The number of rotatable bonds is 12. The third-order valence-electron chi connectivity index (χ3n) is 15.4. The van der Waals surface area contributed by atoms with Crippen LogP contribution >= 0.6 is 0 Å². The first-order chi connectivity index (χ1) is 53.3. The van der Waals surface area contributed by atoms with Crippen molar-refractivity contribution < 1.29 is 72.5 Å². The summed E-state index contributed by atoms with van der Waals surface area (Å²) in [7, 11) is 0. The summed E-state index contributed by atoms with van der Waals surface area (Å²) < 4.78 is 218. The van der Waals surface area contributed by atoms with Gasteiger partial charge in [-0.3, -0.25) is 9.97 Å². The first-order valence-corrected chi connectivity index (χ1v) is 30.3. The molecule has 7 heterocycles. The molecule has 0 bridgehead atoms. The second kappa shape index (κ2) is 27.8. The summed E-state index contributed by atoms with van der Waals surface area (Å²) in [5.41, 5.74) is 5.95. The maximum Gasteiger partial charge on any atom is 2.00 e. The molecule has 0 atom stereocenters. The van der Waals surface area contributed by atoms with Crippen molar-refractivity contribution in [3.05, 3.63) is 320 Å². The number of aryl methyl sites for hydroxylation is 1. The van der Waals surface area contributed by atoms with Gasteiger partial charge >= 0.3 is 43.1 Å². The molecule has 0 saturated heterocycles. The summed E-state index contributed by atoms with van der Waals surface area (Å²) in [4.78, 5) is 19.7. The molecule has 16 aromatic rings. The summed E-state index contributed by atoms with van der Waals surface area (Å²) in [6, 6.07) is 46.8. The zero-order chi connectivity index (χ0) is 79.8. The molecule has 0 aliphatic rings. The predicted molar refractivity (Wildman–Crippen MR) is 367 cm³/mol. The van der Waals surface area contributed by atoms with Crippen LogP contribution in [-0.4, -0.2) is 59.7 Å². The van der Waals surface area contributed by atoms with Crippen molar-refractivity contribution in [1.82, 2.24) is 43.8 Å². The van der Waals surface area contributed by atoms with Gasteiger partial charge < -0.3 is 31.4 Å². The Kier molecular flexibility index (Phi) is 13.7. The molecule has 16 rings (SSSR count). The zero-order valence-corrected chi connectivity index (χ0v) is 54.3. The molecule has 475 valence electrons. The van der Waals surface area contributed by atoms with E-state index >= 15 is 0 Å². The molecule has 0 aliphatic heterocycles. The Morgan fingerprint density at radius 2 is 1.04 bits per heavy atom. The number of alkyl halides is 3. The molecular formula is C79H54AlF5N9O2Pt. The topological polar surface area (TPSA) is 111 Å². The molecule has 0 amide bonds. The van der Waals surface area contributed by atoms with E-state index < -0.39 is 142 Å². The molecule has 1 radical (unpaired) electrons. The number of para-hydroxylation sites is 5. The maximum atomic E-state index is 14.1. The second-order valence-corrected chi connectivity index (χ2v) is 22.6. The van der Waals surface area contributed by atoms with Crippen LogP contribution in [0, 0.1) is 31.2 Å². The molecule has 0 aliphatic carbocycles. The molecule has 11 nitrogen and oxygen atoms in total. The van der Waals surface area contributed by atoms with Crippen LogP contribution < -0.4 is 7.58 Å². The molecule has 18 heteroatoms. The Bertz CT molecular complexity index is 6140. The number of halogens is 5. The third-order valence-corrected chi connectivity index (χ3v) is 16.2. The van der Waals surface area contributed by atoms with E-state index in [2.05, 4.69) is 72.7 Å². The fraction of sp³-hybridized carbons (Fsp3) is 0.0633. The first-order valence-electron chi connectivity index (χ1n) is 37.4. The Morgan fingerprint density at radius 3 is 1.61 bits per heavy atom. The van der Waals surface area contributed by atoms with Crippen molar-refractivity contribution in [2.75, 3.05) is 0 Å². The van der Waals surface area contributed by atoms with Gasteiger partial charge in [-0.15, -0.1) is 6.07 Å². The summed E-state index contributed by atoms with van der Waals surface area (Å²) in [5.74, 6) is -1.72. The van der Waals surface area contributed by atoms with E-state index in [-0.39, 0.29) is 81.8 Å². The van der Waals surface area contributed by atoms with E-state index in [1.807, 2.05) is 61.5 Å². The molecule has 0 spiro atoms. The van der Waals surface area contributed by atoms with Gasteiger partial charge in [0.05, 0.1) is 55.6 Å². The standard InChI is InChI=1S/C36H24N2.C21H13F5N6.C12H10O.C10H9NO.Al.Pt/c1-5-19-33-29(15-1)30-16-2-6-20-34(30)37(33)27-13-9-11-25(23-27)26-12-10-14-28(24-26)38-35-21-7-3-17-31(35)32-18-4-8-22-36(32)38;1-20(2,14-6-3-5-13(28-14)12-9-10-16(22)30-18(12)23)15-7-4-8-17(29-15)32-11-27-19(31-32)21(24,25)26;13-12-8-6-11(7-9-12)10-4-2-1-3-5-10;1-7-5-6-8-3-2-4-9(12)10(8)11-7;;/h1-24H;3-8,10H,1-2H3;1-9,13H;2-6,12H,1H3;;/q;-2;;;2*+2/p-2/i1D,2D,3D,4D,5D,6D,7D,8D,15D,16D,17D,18D,19D,20D,21D,22D;;;;;. The van der Waals surface area contributed by atoms with Gasteiger partial charge in [0.25, 0.3) is 0 Å². The first kappa shape index (κ1) is 47.9. The number of pyridine rings is 4. The van der Waals surface area contributed by atoms with Gasteiger partial charge in [-0.1, -0.05) is 193 Å². The van der Waals surface area contributed by atoms with Crippen molar-refractivity contribution in [3.8, 4) is 62.2 Å². The van der Waals surface area contributed by atoms with Gasteiger partial charge in [0, 0.05) is 67.1 Å². The van der Waals surface area contributed by atoms with Crippen LogP contribution in [0.2, 0.25) is 0 Å². The summed E-state index contributed by atoms with van der Waals surface area (Å²) in [6.07, 6.45) is -2.54. The van der Waals surface area contributed by atoms with Gasteiger partial charge in [-0.25, -0.2) is 18.9 Å². The average Bonchev–Trinajstić information content (AvgIpc) is 1.55. The van der Waals surface area contributed by atoms with Crippen LogP contribution in [0.4, 0.5) is 22.0 Å². The van der Waals surface area contributed by atoms with E-state index in [1.165, 1.54) is 32.4 Å². The fourth-order valence-corrected chi connectivity index (χ4v) is 11.4. The van der Waals surface area contributed by atoms with Crippen LogP contribution in [0.15, 0.2) is 273 Å². The quantitative estimate of drug-likeness (QED) is 0.0515. The second-order valence-electron chi connectivity index (χ2n) is 21.9. The van der Waals surface area contributed by atoms with Crippen LogP contribution in [0.5, 0.6) is 11.5 Å². The van der Waals surface area contributed by atoms with Gasteiger partial charge in [0.15, 0.2) is 5.82 Å². The number of nitrogens with zero attached hydrogens (tertiary/aromatic N) is 9. The minimum Gasteiger partial charge on any atom is -0.616 e. The largest absolute Gasteiger partial charge is 2.00 e. The fourth-order valence-electron chi connectivity index (χ4n) is 10.8. The molecule has 0 saturated carbocycles. The van der Waals surface area contributed by atoms with Crippen LogP contribution in [0.3, 0.4) is 0 Å². The van der Waals surface area contributed by atoms with E-state index in [0.717, 1.165) is 38.8 Å². The SMILES string of the molecule is CC(C)(c1cccc(-c2[c-]cc(F)nc2F)n1)c1cccc(-n2[c-]nc(C(F)(F)F)n2)n1.Cc1ccc2cccc([O][Al][O]c3ccc(-c4ccccc4)cc3)c2n1.[2H]c1c([2H])c([2H])c2c(c1[2H])c1c([2H])c([2H])c([2H])c([2H])c1n2-c1cccc(-c2cccc(-n3c4c([2H])c([2H])c([2H])c([2H])c4c4c([2H])c([2H])c([2H])c([2H])c43)c2)c1.[Pt+2]. The normalized spacial score (nSPS) is 13.7. The number of hydrogen-bond donors (Lipinski definition) is 0. The predicted octanol–water partition coefficient (Wildman–Crippen LogP) is 19.1. The van der Waals surface area contributed by atoms with Crippen LogP contribution in [0.1, 0.15) is 58.7 Å². The van der Waals surface area contributed by atoms with Gasteiger partial charge in [0.2, 0.25) is 0 Å². The van der Waals surface area contributed by atoms with Crippen LogP contribution in [-0.2, 0) is 32.7 Å². The van der Waals surface area contributed by atoms with Gasteiger partial charge in [0.1, 0.15) is 23.2 Å². The minimum atomic E-state index is -4.70. The molecule has 0 N–H and O–H groups in total. The molecular weight excluding hydrogens is 1420 g/mol. The van der Waals surface area contributed by atoms with Gasteiger partial charge in [-0.05, 0) is 134 Å². The van der Waals surface area contributed by atoms with E-state index in [1.54, 1.807) is 86.6 Å². The smallest absolute Gasteiger partial charge is 0.616 e. The Balaban J connectivity index is 0.000000161. The monoisotopic (exact) mass is 1490 g/mol. The summed E-state index contributed by atoms with van der Waals surface area (Å²) >= 11 is -0.665. The Morgan fingerprint density at radius 1 is 0.515 bits per heavy atom. The van der Waals surface area contributed by atoms with Crippen molar-refractivity contribution >= 4 is 70.4 Å². The zero-order valence-electron chi connectivity index (χ0n) is 66.9. The Hall–Kier alpha value is -10.9. The summed E-state index contributed by atoms with van der Waals surface area (Å²) in [5, 5.41) is 4.21. The number of benzene rings is 9. The van der Waals surface area contributed by atoms with E-state index in [0.29, 0.717) is 33.9 Å². The molecule has 97 heavy (non-hydrogen) atoms. The minimum absolute atomic E-state index is 0. The number of fused-ring (bicyclic) bond motifs is 7. The van der Waals surface area contributed by atoms with E-state index in [9.17, 15) is 22.0 Å². The Labute approximate surface area is 598 Å². The molecule has 7 aromatic heterocycles. The van der Waals surface area contributed by atoms with Crippen molar-refractivity contribution in [3.63, 3.8) is 0 Å². The summed E-state index contributed by atoms with van der Waals surface area (Å²) in [6.45, 7) is 5.56. The molecule has 9 aromatic carbocycles. The van der Waals surface area contributed by atoms with Crippen molar-refractivity contribution in [1.29, 1.82) is 0 Å². The molecule has 0 fully saturated rings. The number of hydrogen-bond acceptors (Lipinski definition) is 8. The third kappa shape index (κ3) is 13.6. The maximum absolute atomic E-state index is 14.1. The number of aromatic nitrogens is 9. The van der Waals surface area contributed by atoms with E-state index in [4.69, 9.17) is 29.5 Å². The van der Waals surface area contributed by atoms with Crippen molar-refractivity contribution in [2.24, 2.45) is 0 Å². The van der Waals surface area contributed by atoms with Crippen LogP contribution in [0.25, 0.3) is 105 Å². The van der Waals surface area contributed by atoms with Gasteiger partial charge in [-0.2, -0.15) is 13.2 Å².